The summed E-state index contributed by atoms with van der Waals surface area (Å²) in [6.07, 6.45) is 0.665. The van der Waals surface area contributed by atoms with Crippen molar-refractivity contribution >= 4 is 11.6 Å². The number of benzene rings is 2. The van der Waals surface area contributed by atoms with Crippen molar-refractivity contribution < 1.29 is 17.9 Å². The second-order valence-electron chi connectivity index (χ2n) is 5.95. The van der Waals surface area contributed by atoms with Gasteiger partial charge in [-0.3, -0.25) is 0 Å². The third kappa shape index (κ3) is 6.04. The van der Waals surface area contributed by atoms with Gasteiger partial charge in [-0.25, -0.2) is 9.98 Å². The molecule has 1 heterocycles. The first kappa shape index (κ1) is 19.3. The molecule has 146 valence electrons. The molecule has 1 aromatic heterocycles. The zero-order chi connectivity index (χ0) is 20.0. The number of nitrogens with zero attached hydrogens (tertiary/aromatic N) is 3. The predicted molar refractivity (Wildman–Crippen MR) is 99.8 cm³/mol. The molecule has 2 aromatic carbocycles. The quantitative estimate of drug-likeness (QED) is 0.497. The van der Waals surface area contributed by atoms with Gasteiger partial charge in [0.25, 0.3) is 0 Å². The maximum absolute atomic E-state index is 12.2. The number of nitrogens with two attached hydrogens (primary N) is 1. The van der Waals surface area contributed by atoms with Crippen molar-refractivity contribution in [3.05, 3.63) is 78.4 Å². The summed E-state index contributed by atoms with van der Waals surface area (Å²) in [4.78, 5) is 8.24. The Morgan fingerprint density at radius 3 is 2.36 bits per heavy atom. The van der Waals surface area contributed by atoms with E-state index in [-0.39, 0.29) is 11.7 Å². The number of guanidine groups is 1. The van der Waals surface area contributed by atoms with Gasteiger partial charge >= 0.3 is 6.36 Å². The Morgan fingerprint density at radius 1 is 1.07 bits per heavy atom. The molecule has 0 saturated carbocycles. The van der Waals surface area contributed by atoms with Crippen LogP contribution in [0.15, 0.2) is 72.2 Å². The average molecular weight is 389 g/mol. The SMILES string of the molecule is NC(=NCc1ccc(Cn2ccnc2)cc1)Nc1ccc(OC(F)(F)F)cc1. The van der Waals surface area contributed by atoms with Crippen LogP contribution in [0.3, 0.4) is 0 Å². The Labute approximate surface area is 159 Å². The van der Waals surface area contributed by atoms with Crippen LogP contribution in [0.2, 0.25) is 0 Å². The van der Waals surface area contributed by atoms with Crippen LogP contribution in [-0.2, 0) is 13.1 Å². The molecular weight excluding hydrogens is 371 g/mol. The zero-order valence-corrected chi connectivity index (χ0v) is 14.7. The summed E-state index contributed by atoms with van der Waals surface area (Å²) in [5.41, 5.74) is 8.45. The largest absolute Gasteiger partial charge is 0.573 e. The molecule has 0 bridgehead atoms. The first-order valence-corrected chi connectivity index (χ1v) is 8.34. The van der Waals surface area contributed by atoms with Crippen molar-refractivity contribution in [2.24, 2.45) is 10.7 Å². The van der Waals surface area contributed by atoms with Gasteiger partial charge in [-0.15, -0.1) is 13.2 Å². The maximum atomic E-state index is 12.2. The summed E-state index contributed by atoms with van der Waals surface area (Å²) in [6, 6.07) is 13.2. The third-order valence-corrected chi connectivity index (χ3v) is 3.74. The minimum absolute atomic E-state index is 0.159. The molecule has 9 heteroatoms. The molecule has 0 radical (unpaired) electrons. The van der Waals surface area contributed by atoms with E-state index >= 15 is 0 Å². The number of anilines is 1. The fourth-order valence-electron chi connectivity index (χ4n) is 2.44. The molecule has 0 unspecified atom stereocenters. The van der Waals surface area contributed by atoms with Gasteiger partial charge < -0.3 is 20.4 Å². The molecule has 0 fully saturated rings. The van der Waals surface area contributed by atoms with E-state index in [4.69, 9.17) is 5.73 Å². The smallest absolute Gasteiger partial charge is 0.406 e. The highest BCUT2D eigenvalue weighted by Gasteiger charge is 2.30. The van der Waals surface area contributed by atoms with Gasteiger partial charge in [0.05, 0.1) is 12.9 Å². The summed E-state index contributed by atoms with van der Waals surface area (Å²) in [6.45, 7) is 1.11. The van der Waals surface area contributed by atoms with Crippen molar-refractivity contribution in [1.82, 2.24) is 9.55 Å². The Bertz CT molecular complexity index is 904. The minimum atomic E-state index is -4.72. The lowest BCUT2D eigenvalue weighted by Crippen LogP contribution is -2.22. The van der Waals surface area contributed by atoms with E-state index in [1.54, 1.807) is 12.5 Å². The number of hydrogen-bond acceptors (Lipinski definition) is 3. The molecule has 3 aromatic rings. The van der Waals surface area contributed by atoms with Crippen molar-refractivity contribution in [3.63, 3.8) is 0 Å². The predicted octanol–water partition coefficient (Wildman–Crippen LogP) is 3.76. The summed E-state index contributed by atoms with van der Waals surface area (Å²) in [5.74, 6) is -0.142. The Hall–Kier alpha value is -3.49. The van der Waals surface area contributed by atoms with Crippen molar-refractivity contribution in [3.8, 4) is 5.75 Å². The van der Waals surface area contributed by atoms with E-state index < -0.39 is 6.36 Å². The molecule has 0 saturated heterocycles. The topological polar surface area (TPSA) is 77.5 Å². The molecule has 28 heavy (non-hydrogen) atoms. The lowest BCUT2D eigenvalue weighted by atomic mass is 10.1. The number of nitrogens with one attached hydrogen (secondary N) is 1. The van der Waals surface area contributed by atoms with Gasteiger partial charge in [0, 0.05) is 24.6 Å². The monoisotopic (exact) mass is 389 g/mol. The van der Waals surface area contributed by atoms with Gasteiger partial charge in [-0.1, -0.05) is 24.3 Å². The Kier molecular flexibility index (Phi) is 5.83. The van der Waals surface area contributed by atoms with Crippen molar-refractivity contribution in [2.75, 3.05) is 5.32 Å². The molecule has 0 aliphatic rings. The molecule has 3 N–H and O–H groups in total. The number of imidazole rings is 1. The van der Waals surface area contributed by atoms with Crippen LogP contribution >= 0.6 is 0 Å². The van der Waals surface area contributed by atoms with E-state index in [1.165, 1.54) is 24.3 Å². The number of aliphatic imine (C=N–C) groups is 1. The zero-order valence-electron chi connectivity index (χ0n) is 14.7. The van der Waals surface area contributed by atoms with Gasteiger partial charge in [0.2, 0.25) is 0 Å². The normalized spacial score (nSPS) is 12.0. The fraction of sp³-hybridized carbons (Fsp3) is 0.158. The first-order valence-electron chi connectivity index (χ1n) is 8.34. The number of hydrogen-bond donors (Lipinski definition) is 2. The van der Waals surface area contributed by atoms with E-state index in [2.05, 4.69) is 20.0 Å². The van der Waals surface area contributed by atoms with Gasteiger partial charge in [-0.05, 0) is 35.4 Å². The number of halogens is 3. The molecule has 6 nitrogen and oxygen atoms in total. The number of alkyl halides is 3. The third-order valence-electron chi connectivity index (χ3n) is 3.74. The van der Waals surface area contributed by atoms with Crippen LogP contribution in [-0.4, -0.2) is 21.9 Å². The second-order valence-corrected chi connectivity index (χ2v) is 5.95. The van der Waals surface area contributed by atoms with E-state index in [0.717, 1.165) is 17.7 Å². The average Bonchev–Trinajstić information content (AvgIpc) is 3.15. The highest BCUT2D eigenvalue weighted by molar-refractivity contribution is 5.92. The number of rotatable bonds is 6. The van der Waals surface area contributed by atoms with Crippen LogP contribution in [0.25, 0.3) is 0 Å². The van der Waals surface area contributed by atoms with E-state index in [9.17, 15) is 13.2 Å². The van der Waals surface area contributed by atoms with Crippen LogP contribution in [0.5, 0.6) is 5.75 Å². The van der Waals surface area contributed by atoms with Gasteiger partial charge in [-0.2, -0.15) is 0 Å². The van der Waals surface area contributed by atoms with E-state index in [1.807, 2.05) is 35.0 Å². The van der Waals surface area contributed by atoms with Crippen LogP contribution in [0.4, 0.5) is 18.9 Å². The summed E-state index contributed by atoms with van der Waals surface area (Å²) >= 11 is 0. The molecule has 0 aliphatic heterocycles. The standard InChI is InChI=1S/C19H18F3N5O/c20-19(21,22)28-17-7-5-16(6-8-17)26-18(23)25-11-14-1-3-15(4-2-14)12-27-10-9-24-13-27/h1-10,13H,11-12H2,(H3,23,25,26). The molecular formula is C19H18F3N5O. The minimum Gasteiger partial charge on any atom is -0.406 e. The molecule has 3 rings (SSSR count). The van der Waals surface area contributed by atoms with Crippen molar-refractivity contribution in [2.45, 2.75) is 19.5 Å². The van der Waals surface area contributed by atoms with Crippen LogP contribution in [0.1, 0.15) is 11.1 Å². The number of aromatic nitrogens is 2. The molecule has 0 amide bonds. The molecule has 0 aliphatic carbocycles. The lowest BCUT2D eigenvalue weighted by molar-refractivity contribution is -0.274. The van der Waals surface area contributed by atoms with Crippen molar-refractivity contribution in [1.29, 1.82) is 0 Å². The summed E-state index contributed by atoms with van der Waals surface area (Å²) in [5, 5.41) is 2.82. The Balaban J connectivity index is 1.52. The second kappa shape index (κ2) is 8.47. The fourth-order valence-corrected chi connectivity index (χ4v) is 2.44. The summed E-state index contributed by atoms with van der Waals surface area (Å²) < 4.78 is 42.2. The van der Waals surface area contributed by atoms with Crippen LogP contribution in [0, 0.1) is 0 Å². The summed E-state index contributed by atoms with van der Waals surface area (Å²) in [7, 11) is 0. The first-order chi connectivity index (χ1) is 13.4. The highest BCUT2D eigenvalue weighted by Crippen LogP contribution is 2.23. The molecule has 0 atom stereocenters. The molecule has 0 spiro atoms. The van der Waals surface area contributed by atoms with Gasteiger partial charge in [0.15, 0.2) is 5.96 Å². The lowest BCUT2D eigenvalue weighted by Gasteiger charge is -2.10. The Morgan fingerprint density at radius 2 is 1.75 bits per heavy atom. The maximum Gasteiger partial charge on any atom is 0.573 e. The van der Waals surface area contributed by atoms with Gasteiger partial charge in [0.1, 0.15) is 5.75 Å². The van der Waals surface area contributed by atoms with Crippen LogP contribution < -0.4 is 15.8 Å². The highest BCUT2D eigenvalue weighted by atomic mass is 19.4. The van der Waals surface area contributed by atoms with E-state index in [0.29, 0.717) is 12.2 Å². The number of ether oxygens (including phenoxy) is 1.